The van der Waals surface area contributed by atoms with E-state index in [-0.39, 0.29) is 19.3 Å². The Kier molecular flexibility index (Phi) is 1.60. The van der Waals surface area contributed by atoms with Crippen molar-refractivity contribution in [2.75, 3.05) is 0 Å². The van der Waals surface area contributed by atoms with Gasteiger partial charge in [0.15, 0.2) is 6.10 Å². The number of carbonyl (C=O) groups excluding carboxylic acids is 4. The monoisotopic (exact) mass is 368 g/mol. The van der Waals surface area contributed by atoms with Gasteiger partial charge >= 0.3 is 36.2 Å². The second-order valence-electron chi connectivity index (χ2n) is 7.54. The molecule has 4 saturated carbocycles. The van der Waals surface area contributed by atoms with Gasteiger partial charge in [-0.05, 0) is 0 Å². The van der Waals surface area contributed by atoms with Crippen molar-refractivity contribution >= 4 is 24.6 Å². The molecule has 5 spiro atoms. The van der Waals surface area contributed by atoms with Gasteiger partial charge in [-0.15, -0.1) is 0 Å². The molecule has 136 valence electrons. The van der Waals surface area contributed by atoms with E-state index in [0.29, 0.717) is 0 Å². The zero-order valence-corrected chi connectivity index (χ0v) is 12.7. The molecule has 8 fully saturated rings. The maximum Gasteiger partial charge on any atom is 0.515 e. The molecule has 26 heavy (non-hydrogen) atoms. The van der Waals surface area contributed by atoms with E-state index in [1.54, 1.807) is 0 Å². The van der Waals surface area contributed by atoms with E-state index >= 15 is 0 Å². The van der Waals surface area contributed by atoms with Gasteiger partial charge in [0.2, 0.25) is 11.2 Å². The molecule has 6 atom stereocenters. The third-order valence-electron chi connectivity index (χ3n) is 6.73. The highest BCUT2D eigenvalue weighted by atomic mass is 17.0. The lowest BCUT2D eigenvalue weighted by Gasteiger charge is -2.70. The van der Waals surface area contributed by atoms with Gasteiger partial charge in [0.05, 0.1) is 0 Å². The lowest BCUT2D eigenvalue weighted by atomic mass is 9.43. The molecular formula is C14H8O12. The fraction of sp³-hybridized carbons (Fsp3) is 0.714. The zero-order valence-electron chi connectivity index (χ0n) is 12.7. The molecule has 12 heteroatoms. The topological polar surface area (TPSA) is 142 Å². The van der Waals surface area contributed by atoms with Gasteiger partial charge in [0.1, 0.15) is 0 Å². The highest BCUT2D eigenvalue weighted by Gasteiger charge is 3.05. The van der Waals surface area contributed by atoms with E-state index in [9.17, 15) is 19.2 Å². The average molecular weight is 368 g/mol. The molecule has 0 aromatic carbocycles. The van der Waals surface area contributed by atoms with Crippen LogP contribution < -0.4 is 0 Å². The molecule has 8 aliphatic rings. The molecule has 0 aromatic heterocycles. The Hall–Kier alpha value is -2.92. The van der Waals surface area contributed by atoms with Gasteiger partial charge < -0.3 is 37.9 Å². The standard InChI is InChI=1S/C14H8O12/c15-6-19-5-4-1-10-3-11(5,21-6)14(25-9(18)26-14)12(2-4)13(10,23-7(16)20-10)24-8(17)22-12/h4-5H,1-3H2. The molecule has 0 radical (unpaired) electrons. The molecule has 4 aliphatic heterocycles. The maximum absolute atomic E-state index is 12.1. The van der Waals surface area contributed by atoms with Gasteiger partial charge in [-0.2, -0.15) is 0 Å². The SMILES string of the molecule is O=C1OC2C3CC45CC2(O1)C1(OC(=O)O1)C1(C3)OC(=O)OC41OC(=O)O5. The summed E-state index contributed by atoms with van der Waals surface area (Å²) >= 11 is 0. The fourth-order valence-corrected chi connectivity index (χ4v) is 6.29. The molecule has 12 nitrogen and oxygen atoms in total. The first kappa shape index (κ1) is 13.3. The number of rotatable bonds is 0. The van der Waals surface area contributed by atoms with Crippen LogP contribution in [-0.4, -0.2) is 59.1 Å². The summed E-state index contributed by atoms with van der Waals surface area (Å²) in [5.41, 5.74) is -5.03. The van der Waals surface area contributed by atoms with Crippen molar-refractivity contribution in [2.45, 2.75) is 53.7 Å². The van der Waals surface area contributed by atoms with E-state index in [1.165, 1.54) is 0 Å². The fourth-order valence-electron chi connectivity index (χ4n) is 6.29. The highest BCUT2D eigenvalue weighted by Crippen LogP contribution is 2.78. The van der Waals surface area contributed by atoms with E-state index in [1.807, 2.05) is 0 Å². The molecule has 0 amide bonds. The van der Waals surface area contributed by atoms with Crippen LogP contribution >= 0.6 is 0 Å². The van der Waals surface area contributed by atoms with Crippen molar-refractivity contribution in [2.24, 2.45) is 5.92 Å². The first-order chi connectivity index (χ1) is 12.3. The van der Waals surface area contributed by atoms with Crippen molar-refractivity contribution < 1.29 is 57.1 Å². The van der Waals surface area contributed by atoms with Crippen LogP contribution in [0.1, 0.15) is 19.3 Å². The van der Waals surface area contributed by atoms with Crippen molar-refractivity contribution in [3.05, 3.63) is 0 Å². The summed E-state index contributed by atoms with van der Waals surface area (Å²) in [7, 11) is 0. The number of hydrogen-bond acceptors (Lipinski definition) is 12. The summed E-state index contributed by atoms with van der Waals surface area (Å²) in [6.07, 6.45) is -5.11. The summed E-state index contributed by atoms with van der Waals surface area (Å²) in [5.74, 6) is -4.51. The van der Waals surface area contributed by atoms with Crippen molar-refractivity contribution in [3.63, 3.8) is 0 Å². The van der Waals surface area contributed by atoms with E-state index < -0.39 is 65.0 Å². The molecule has 4 saturated heterocycles. The molecule has 4 aliphatic carbocycles. The molecule has 0 aromatic rings. The van der Waals surface area contributed by atoms with Gasteiger partial charge in [0, 0.05) is 25.2 Å². The van der Waals surface area contributed by atoms with E-state index in [4.69, 9.17) is 37.9 Å². The molecular weight excluding hydrogens is 360 g/mol. The van der Waals surface area contributed by atoms with Crippen LogP contribution in [0.5, 0.6) is 0 Å². The third kappa shape index (κ3) is 0.884. The van der Waals surface area contributed by atoms with Gasteiger partial charge in [-0.1, -0.05) is 0 Å². The predicted molar refractivity (Wildman–Crippen MR) is 65.0 cm³/mol. The van der Waals surface area contributed by atoms with Crippen LogP contribution in [0.2, 0.25) is 0 Å². The van der Waals surface area contributed by atoms with Gasteiger partial charge in [-0.25, -0.2) is 19.2 Å². The predicted octanol–water partition coefficient (Wildman–Crippen LogP) is 0.459. The number of carbonyl (C=O) groups is 4. The van der Waals surface area contributed by atoms with Crippen LogP contribution in [-0.2, 0) is 37.9 Å². The quantitative estimate of drug-likeness (QED) is 0.433. The molecule has 4 heterocycles. The lowest BCUT2D eigenvalue weighted by Crippen LogP contribution is -2.95. The van der Waals surface area contributed by atoms with E-state index in [2.05, 4.69) is 0 Å². The minimum Gasteiger partial charge on any atom is -0.426 e. The largest absolute Gasteiger partial charge is 0.515 e. The molecule has 6 unspecified atom stereocenters. The normalized spacial score (nSPS) is 55.1. The van der Waals surface area contributed by atoms with Crippen molar-refractivity contribution in [1.82, 2.24) is 0 Å². The summed E-state index contributed by atoms with van der Waals surface area (Å²) < 4.78 is 42.9. The summed E-state index contributed by atoms with van der Waals surface area (Å²) in [6.45, 7) is 0. The van der Waals surface area contributed by atoms with Crippen LogP contribution in [0.3, 0.4) is 0 Å². The Balaban J connectivity index is 1.57. The first-order valence-corrected chi connectivity index (χ1v) is 7.97. The Bertz CT molecular complexity index is 869. The number of hydrogen-bond donors (Lipinski definition) is 0. The Morgan fingerprint density at radius 2 is 1.35 bits per heavy atom. The minimum absolute atomic E-state index is 0.00648. The highest BCUT2D eigenvalue weighted by molar-refractivity contribution is 5.77. The average Bonchev–Trinajstić information content (AvgIpc) is 3.08. The smallest absolute Gasteiger partial charge is 0.426 e. The molecule has 8 rings (SSSR count). The molecule has 0 N–H and O–H groups in total. The van der Waals surface area contributed by atoms with Crippen molar-refractivity contribution in [3.8, 4) is 0 Å². The Labute approximate surface area is 142 Å². The van der Waals surface area contributed by atoms with Crippen LogP contribution in [0.4, 0.5) is 19.2 Å². The summed E-state index contributed by atoms with van der Waals surface area (Å²) in [6, 6.07) is 0. The second-order valence-corrected chi connectivity index (χ2v) is 7.54. The summed E-state index contributed by atoms with van der Waals surface area (Å²) in [4.78, 5) is 47.8. The van der Waals surface area contributed by atoms with E-state index in [0.717, 1.165) is 0 Å². The Morgan fingerprint density at radius 3 is 2.08 bits per heavy atom. The maximum atomic E-state index is 12.1. The lowest BCUT2D eigenvalue weighted by molar-refractivity contribution is -0.494. The minimum atomic E-state index is -2.06. The van der Waals surface area contributed by atoms with Crippen LogP contribution in [0.15, 0.2) is 0 Å². The first-order valence-electron chi connectivity index (χ1n) is 7.97. The Morgan fingerprint density at radius 1 is 0.692 bits per heavy atom. The van der Waals surface area contributed by atoms with Crippen LogP contribution in [0.25, 0.3) is 0 Å². The van der Waals surface area contributed by atoms with Crippen LogP contribution in [0, 0.1) is 5.92 Å². The zero-order chi connectivity index (χ0) is 17.7. The number of ether oxygens (including phenoxy) is 8. The molecule has 4 bridgehead atoms. The van der Waals surface area contributed by atoms with Gasteiger partial charge in [0.25, 0.3) is 5.60 Å². The second kappa shape index (κ2) is 3.12. The third-order valence-corrected chi connectivity index (χ3v) is 6.73. The summed E-state index contributed by atoms with van der Waals surface area (Å²) in [5, 5.41) is 0. The van der Waals surface area contributed by atoms with Gasteiger partial charge in [-0.3, -0.25) is 0 Å². The van der Waals surface area contributed by atoms with Crippen molar-refractivity contribution in [1.29, 1.82) is 0 Å².